The van der Waals surface area contributed by atoms with Crippen molar-refractivity contribution in [2.75, 3.05) is 16.8 Å². The van der Waals surface area contributed by atoms with Crippen LogP contribution in [0, 0.1) is 3.57 Å². The third kappa shape index (κ3) is 4.39. The van der Waals surface area contributed by atoms with E-state index in [1.807, 2.05) is 85.8 Å². The van der Waals surface area contributed by atoms with Crippen molar-refractivity contribution in [2.45, 2.75) is 13.1 Å². The molecule has 0 radical (unpaired) electrons. The van der Waals surface area contributed by atoms with Gasteiger partial charge in [0, 0.05) is 25.0 Å². The number of rotatable bonds is 5. The molecule has 0 saturated carbocycles. The highest BCUT2D eigenvalue weighted by Gasteiger charge is 2.36. The third-order valence-electron chi connectivity index (χ3n) is 5.43. The molecule has 0 fully saturated rings. The fraction of sp³-hybridized carbons (Fsp3) is 0.115. The molecule has 1 aromatic heterocycles. The quantitative estimate of drug-likeness (QED) is 0.237. The predicted octanol–water partition coefficient (Wildman–Crippen LogP) is 7.48. The maximum Gasteiger partial charge on any atom is 0.262 e. The second-order valence-electron chi connectivity index (χ2n) is 7.55. The van der Waals surface area contributed by atoms with Gasteiger partial charge in [0.05, 0.1) is 12.2 Å². The Bertz CT molecular complexity index is 1300. The number of fused-ring (bicyclic) bond motifs is 1. The Balaban J connectivity index is 1.56. The molecule has 0 aliphatic carbocycles. The zero-order chi connectivity index (χ0) is 22.9. The molecule has 33 heavy (non-hydrogen) atoms. The number of nitrogens with zero attached hydrogens (tertiary/aromatic N) is 1. The molecule has 166 valence electrons. The summed E-state index contributed by atoms with van der Waals surface area (Å²) in [5.41, 5.74) is 3.14. The lowest BCUT2D eigenvalue weighted by Gasteiger charge is -2.37. The van der Waals surface area contributed by atoms with Gasteiger partial charge in [-0.2, -0.15) is 0 Å². The first-order valence-corrected chi connectivity index (χ1v) is 12.4. The highest BCUT2D eigenvalue weighted by atomic mass is 127. The zero-order valence-corrected chi connectivity index (χ0v) is 21.5. The van der Waals surface area contributed by atoms with Gasteiger partial charge in [-0.1, -0.05) is 28.1 Å². The molecular weight excluding hydrogens is 595 g/mol. The summed E-state index contributed by atoms with van der Waals surface area (Å²) in [7, 11) is 0. The minimum Gasteiger partial charge on any atom is -0.494 e. The lowest BCUT2D eigenvalue weighted by atomic mass is 10.1. The van der Waals surface area contributed by atoms with E-state index >= 15 is 0 Å². The number of carbonyl (C=O) groups is 1. The molecule has 1 amide bonds. The predicted molar refractivity (Wildman–Crippen MR) is 142 cm³/mol. The van der Waals surface area contributed by atoms with Crippen molar-refractivity contribution in [3.05, 3.63) is 98.2 Å². The zero-order valence-electron chi connectivity index (χ0n) is 17.7. The molecule has 0 spiro atoms. The summed E-state index contributed by atoms with van der Waals surface area (Å²) in [6.07, 6.45) is -0.493. The molecule has 5 nitrogen and oxygen atoms in total. The molecule has 1 N–H and O–H groups in total. The summed E-state index contributed by atoms with van der Waals surface area (Å²) in [5.74, 6) is 2.07. The van der Waals surface area contributed by atoms with Crippen molar-refractivity contribution < 1.29 is 13.9 Å². The second kappa shape index (κ2) is 9.23. The second-order valence-corrected chi connectivity index (χ2v) is 9.71. The Labute approximate surface area is 214 Å². The van der Waals surface area contributed by atoms with Crippen LogP contribution >= 0.6 is 38.5 Å². The van der Waals surface area contributed by atoms with Crippen LogP contribution in [0.25, 0.3) is 11.3 Å². The maximum atomic E-state index is 13.7. The minimum atomic E-state index is -0.493. The standard InChI is InChI=1S/C26H20BrIN2O3/c1-2-32-20-10-8-19(9-11-20)30-25(29-22-12-7-18(28)15-21(22)26(30)31)24-14-13-23(33-24)16-3-5-17(27)6-4-16/h3-15,25,29H,2H2,1H3/t25-/m1/s1. The van der Waals surface area contributed by atoms with Gasteiger partial charge in [-0.15, -0.1) is 0 Å². The molecule has 1 atom stereocenters. The van der Waals surface area contributed by atoms with Crippen molar-refractivity contribution in [3.8, 4) is 17.1 Å². The van der Waals surface area contributed by atoms with Crippen molar-refractivity contribution in [1.82, 2.24) is 0 Å². The van der Waals surface area contributed by atoms with Crippen LogP contribution in [-0.4, -0.2) is 12.5 Å². The summed E-state index contributed by atoms with van der Waals surface area (Å²) >= 11 is 5.69. The molecule has 1 aliphatic heterocycles. The van der Waals surface area contributed by atoms with Crippen LogP contribution in [0.5, 0.6) is 5.75 Å². The number of ether oxygens (including phenoxy) is 1. The van der Waals surface area contributed by atoms with E-state index in [1.54, 1.807) is 4.90 Å². The summed E-state index contributed by atoms with van der Waals surface area (Å²) < 4.78 is 13.8. The molecule has 1 aliphatic rings. The van der Waals surface area contributed by atoms with E-state index in [2.05, 4.69) is 43.8 Å². The first-order valence-electron chi connectivity index (χ1n) is 10.5. The first kappa shape index (κ1) is 22.0. The fourth-order valence-corrected chi connectivity index (χ4v) is 4.64. The monoisotopic (exact) mass is 614 g/mol. The Hall–Kier alpha value is -2.78. The normalized spacial score (nSPS) is 15.2. The minimum absolute atomic E-state index is 0.0852. The average molecular weight is 615 g/mol. The van der Waals surface area contributed by atoms with E-state index in [4.69, 9.17) is 9.15 Å². The van der Waals surface area contributed by atoms with Gasteiger partial charge in [0.25, 0.3) is 5.91 Å². The molecular formula is C26H20BrIN2O3. The lowest BCUT2D eigenvalue weighted by Crippen LogP contribution is -2.43. The highest BCUT2D eigenvalue weighted by molar-refractivity contribution is 14.1. The van der Waals surface area contributed by atoms with Gasteiger partial charge in [-0.25, -0.2) is 0 Å². The number of nitrogens with one attached hydrogen (secondary N) is 1. The number of halogens is 2. The lowest BCUT2D eigenvalue weighted by molar-refractivity contribution is 0.0971. The summed E-state index contributed by atoms with van der Waals surface area (Å²) in [6.45, 7) is 2.53. The largest absolute Gasteiger partial charge is 0.494 e. The van der Waals surface area contributed by atoms with Crippen molar-refractivity contribution in [2.24, 2.45) is 0 Å². The van der Waals surface area contributed by atoms with Crippen LogP contribution in [0.1, 0.15) is 29.2 Å². The number of carbonyl (C=O) groups excluding carboxylic acids is 1. The Morgan fingerprint density at radius 1 is 1.03 bits per heavy atom. The van der Waals surface area contributed by atoms with E-state index in [-0.39, 0.29) is 5.91 Å². The van der Waals surface area contributed by atoms with Crippen LogP contribution in [0.4, 0.5) is 11.4 Å². The summed E-state index contributed by atoms with van der Waals surface area (Å²) in [5, 5.41) is 3.50. The van der Waals surface area contributed by atoms with E-state index in [1.165, 1.54) is 0 Å². The van der Waals surface area contributed by atoms with Gasteiger partial charge >= 0.3 is 0 Å². The number of amides is 1. The summed E-state index contributed by atoms with van der Waals surface area (Å²) in [4.78, 5) is 15.4. The molecule has 4 aromatic rings. The molecule has 0 bridgehead atoms. The van der Waals surface area contributed by atoms with Gasteiger partial charge in [0.15, 0.2) is 6.17 Å². The fourth-order valence-electron chi connectivity index (χ4n) is 3.88. The van der Waals surface area contributed by atoms with Gasteiger partial charge in [-0.3, -0.25) is 9.69 Å². The highest BCUT2D eigenvalue weighted by Crippen LogP contribution is 2.39. The number of benzene rings is 3. The summed E-state index contributed by atoms with van der Waals surface area (Å²) in [6, 6.07) is 25.2. The van der Waals surface area contributed by atoms with E-state index < -0.39 is 6.17 Å². The van der Waals surface area contributed by atoms with Gasteiger partial charge in [-0.05, 0) is 96.2 Å². The van der Waals surface area contributed by atoms with Crippen LogP contribution in [0.15, 0.2) is 87.8 Å². The molecule has 5 rings (SSSR count). The topological polar surface area (TPSA) is 54.7 Å². The molecule has 7 heteroatoms. The van der Waals surface area contributed by atoms with E-state index in [0.29, 0.717) is 17.9 Å². The van der Waals surface area contributed by atoms with Gasteiger partial charge < -0.3 is 14.5 Å². The Kier molecular flexibility index (Phi) is 6.16. The maximum absolute atomic E-state index is 13.7. The third-order valence-corrected chi connectivity index (χ3v) is 6.63. The van der Waals surface area contributed by atoms with Crippen LogP contribution in [-0.2, 0) is 0 Å². The number of hydrogen-bond acceptors (Lipinski definition) is 4. The SMILES string of the molecule is CCOc1ccc(N2C(=O)c3cc(I)ccc3N[C@H]2c2ccc(-c3ccc(Br)cc3)o2)cc1. The smallest absolute Gasteiger partial charge is 0.262 e. The van der Waals surface area contributed by atoms with Crippen molar-refractivity contribution in [1.29, 1.82) is 0 Å². The van der Waals surface area contributed by atoms with Crippen LogP contribution in [0.3, 0.4) is 0 Å². The van der Waals surface area contributed by atoms with Crippen molar-refractivity contribution >= 4 is 55.8 Å². The van der Waals surface area contributed by atoms with E-state index in [9.17, 15) is 4.79 Å². The molecule has 3 aromatic carbocycles. The van der Waals surface area contributed by atoms with Crippen molar-refractivity contribution in [3.63, 3.8) is 0 Å². The molecule has 0 saturated heterocycles. The molecule has 0 unspecified atom stereocenters. The van der Waals surface area contributed by atoms with Crippen LogP contribution < -0.4 is 15.0 Å². The number of anilines is 2. The van der Waals surface area contributed by atoms with Gasteiger partial charge in [0.1, 0.15) is 17.3 Å². The number of furan rings is 1. The van der Waals surface area contributed by atoms with E-state index in [0.717, 1.165) is 36.5 Å². The molecule has 2 heterocycles. The Morgan fingerprint density at radius 2 is 1.79 bits per heavy atom. The Morgan fingerprint density at radius 3 is 2.52 bits per heavy atom. The van der Waals surface area contributed by atoms with Crippen LogP contribution in [0.2, 0.25) is 0 Å². The van der Waals surface area contributed by atoms with Gasteiger partial charge in [0.2, 0.25) is 0 Å². The number of hydrogen-bond donors (Lipinski definition) is 1. The average Bonchev–Trinajstić information content (AvgIpc) is 3.31. The first-order chi connectivity index (χ1) is 16.0.